The summed E-state index contributed by atoms with van der Waals surface area (Å²) in [6.07, 6.45) is 0. The van der Waals surface area contributed by atoms with Crippen molar-refractivity contribution in [3.05, 3.63) is 79.0 Å². The zero-order valence-electron chi connectivity index (χ0n) is 18.9. The molecule has 0 bridgehead atoms. The number of nitrogens with one attached hydrogen (secondary N) is 1. The first kappa shape index (κ1) is 25.5. The van der Waals surface area contributed by atoms with E-state index < -0.39 is 0 Å². The lowest BCUT2D eigenvalue weighted by molar-refractivity contribution is 0.177. The van der Waals surface area contributed by atoms with Gasteiger partial charge in [0.1, 0.15) is 0 Å². The number of rotatable bonds is 5. The number of nitrogens with zero attached hydrogens (tertiary/aromatic N) is 4. The molecule has 180 valence electrons. The second kappa shape index (κ2) is 11.0. The molecule has 0 amide bonds. The lowest BCUT2D eigenvalue weighted by Crippen LogP contribution is -2.49. The van der Waals surface area contributed by atoms with Gasteiger partial charge in [0.15, 0.2) is 5.11 Å². The number of hydrogen-bond donors (Lipinski definition) is 1. The highest BCUT2D eigenvalue weighted by atomic mass is 35.5. The first-order valence-corrected chi connectivity index (χ1v) is 12.8. The Labute approximate surface area is 225 Å². The summed E-state index contributed by atoms with van der Waals surface area (Å²) in [5.74, 6) is 0. The summed E-state index contributed by atoms with van der Waals surface area (Å²) in [6.45, 7) is 8.92. The van der Waals surface area contributed by atoms with E-state index in [1.165, 1.54) is 0 Å². The summed E-state index contributed by atoms with van der Waals surface area (Å²) < 4.78 is 1.94. The van der Waals surface area contributed by atoms with Crippen molar-refractivity contribution in [1.29, 1.82) is 0 Å². The Balaban J connectivity index is 1.35. The van der Waals surface area contributed by atoms with Gasteiger partial charge in [0.25, 0.3) is 0 Å². The van der Waals surface area contributed by atoms with E-state index in [4.69, 9.17) is 63.7 Å². The normalized spacial score (nSPS) is 14.5. The first-order valence-electron chi connectivity index (χ1n) is 10.9. The van der Waals surface area contributed by atoms with Crippen LogP contribution in [0.25, 0.3) is 0 Å². The minimum Gasteiger partial charge on any atom is -0.346 e. The highest BCUT2D eigenvalue weighted by molar-refractivity contribution is 7.80. The molecule has 1 N–H and O–H groups in total. The summed E-state index contributed by atoms with van der Waals surface area (Å²) in [5.41, 5.74) is 4.95. The van der Waals surface area contributed by atoms with Gasteiger partial charge in [-0.3, -0.25) is 9.58 Å². The largest absolute Gasteiger partial charge is 0.346 e. The fourth-order valence-corrected chi connectivity index (χ4v) is 5.11. The molecule has 34 heavy (non-hydrogen) atoms. The summed E-state index contributed by atoms with van der Waals surface area (Å²) in [5, 5.41) is 11.3. The Kier molecular flexibility index (Phi) is 8.28. The predicted octanol–water partition coefficient (Wildman–Crippen LogP) is 6.68. The zero-order chi connectivity index (χ0) is 24.4. The van der Waals surface area contributed by atoms with Gasteiger partial charge >= 0.3 is 0 Å². The number of thiocarbonyl (C=S) groups is 1. The van der Waals surface area contributed by atoms with E-state index in [1.807, 2.05) is 48.9 Å². The monoisotopic (exact) mass is 555 g/mol. The van der Waals surface area contributed by atoms with Crippen LogP contribution in [0.4, 0.5) is 5.69 Å². The van der Waals surface area contributed by atoms with Crippen LogP contribution in [0.2, 0.25) is 20.1 Å². The van der Waals surface area contributed by atoms with Crippen molar-refractivity contribution in [2.75, 3.05) is 31.5 Å². The van der Waals surface area contributed by atoms with E-state index >= 15 is 0 Å². The van der Waals surface area contributed by atoms with Crippen molar-refractivity contribution in [3.8, 4) is 0 Å². The molecule has 0 aliphatic carbocycles. The van der Waals surface area contributed by atoms with Crippen LogP contribution in [0.1, 0.15) is 22.5 Å². The number of aromatic nitrogens is 2. The van der Waals surface area contributed by atoms with Gasteiger partial charge < -0.3 is 10.2 Å². The Hall–Kier alpha value is -1.54. The molecule has 0 saturated carbocycles. The topological polar surface area (TPSA) is 36.3 Å². The minimum absolute atomic E-state index is 0.560. The molecule has 2 heterocycles. The van der Waals surface area contributed by atoms with Crippen LogP contribution in [0.5, 0.6) is 0 Å². The van der Waals surface area contributed by atoms with Gasteiger partial charge in [-0.15, -0.1) is 0 Å². The fraction of sp³-hybridized carbons (Fsp3) is 0.333. The molecule has 1 aromatic heterocycles. The summed E-state index contributed by atoms with van der Waals surface area (Å²) >= 11 is 30.3. The number of benzene rings is 2. The van der Waals surface area contributed by atoms with Gasteiger partial charge in [-0.2, -0.15) is 5.10 Å². The van der Waals surface area contributed by atoms with E-state index in [0.29, 0.717) is 31.7 Å². The third kappa shape index (κ3) is 5.99. The van der Waals surface area contributed by atoms with Crippen LogP contribution in [-0.2, 0) is 13.1 Å². The Morgan fingerprint density at radius 2 is 1.65 bits per heavy atom. The SMILES string of the molecule is Cc1nn(Cc2ccc(Cl)cc2Cl)c(C)c1NC(=S)N1CCN(Cc2ccc(Cl)c(Cl)c2)CC1. The molecule has 4 rings (SSSR count). The third-order valence-corrected chi connectivity index (χ3v) is 7.68. The van der Waals surface area contributed by atoms with Gasteiger partial charge in [-0.1, -0.05) is 58.5 Å². The average Bonchev–Trinajstić information content (AvgIpc) is 3.06. The smallest absolute Gasteiger partial charge is 0.173 e. The van der Waals surface area contributed by atoms with Crippen LogP contribution < -0.4 is 5.32 Å². The molecule has 0 spiro atoms. The van der Waals surface area contributed by atoms with Crippen LogP contribution in [0.3, 0.4) is 0 Å². The molecule has 2 aromatic carbocycles. The van der Waals surface area contributed by atoms with Gasteiger partial charge in [0, 0.05) is 42.8 Å². The fourth-order valence-electron chi connectivity index (χ4n) is 4.03. The first-order chi connectivity index (χ1) is 16.2. The highest BCUT2D eigenvalue weighted by Gasteiger charge is 2.21. The average molecular weight is 557 g/mol. The van der Waals surface area contributed by atoms with E-state index in [-0.39, 0.29) is 0 Å². The molecule has 3 aromatic rings. The number of halogens is 4. The van der Waals surface area contributed by atoms with Gasteiger partial charge in [-0.25, -0.2) is 0 Å². The van der Waals surface area contributed by atoms with Gasteiger partial charge in [0.05, 0.1) is 33.7 Å². The third-order valence-electron chi connectivity index (χ3n) is 6.00. The lowest BCUT2D eigenvalue weighted by Gasteiger charge is -2.36. The molecule has 10 heteroatoms. The summed E-state index contributed by atoms with van der Waals surface area (Å²) in [7, 11) is 0. The summed E-state index contributed by atoms with van der Waals surface area (Å²) in [4.78, 5) is 4.59. The van der Waals surface area contributed by atoms with E-state index in [0.717, 1.165) is 60.9 Å². The van der Waals surface area contributed by atoms with E-state index in [2.05, 4.69) is 15.1 Å². The van der Waals surface area contributed by atoms with Crippen molar-refractivity contribution < 1.29 is 0 Å². The second-order valence-corrected chi connectivity index (χ2v) is 10.4. The van der Waals surface area contributed by atoms with Crippen LogP contribution in [0.15, 0.2) is 36.4 Å². The molecule has 1 saturated heterocycles. The zero-order valence-corrected chi connectivity index (χ0v) is 22.8. The highest BCUT2D eigenvalue weighted by Crippen LogP contribution is 2.26. The Morgan fingerprint density at radius 3 is 2.32 bits per heavy atom. The molecule has 1 aliphatic rings. The Morgan fingerprint density at radius 1 is 0.912 bits per heavy atom. The molecule has 0 unspecified atom stereocenters. The van der Waals surface area contributed by atoms with Crippen LogP contribution >= 0.6 is 58.6 Å². The van der Waals surface area contributed by atoms with Crippen molar-refractivity contribution >= 4 is 69.4 Å². The lowest BCUT2D eigenvalue weighted by atomic mass is 10.2. The summed E-state index contributed by atoms with van der Waals surface area (Å²) in [6, 6.07) is 11.3. The number of piperazine rings is 1. The molecule has 0 atom stereocenters. The Bertz CT molecular complexity index is 1200. The second-order valence-electron chi connectivity index (χ2n) is 8.38. The van der Waals surface area contributed by atoms with Crippen molar-refractivity contribution in [3.63, 3.8) is 0 Å². The van der Waals surface area contributed by atoms with Crippen LogP contribution in [-0.4, -0.2) is 50.9 Å². The maximum absolute atomic E-state index is 6.36. The van der Waals surface area contributed by atoms with Crippen molar-refractivity contribution in [2.45, 2.75) is 26.9 Å². The number of hydrogen-bond acceptors (Lipinski definition) is 3. The van der Waals surface area contributed by atoms with Crippen LogP contribution in [0, 0.1) is 13.8 Å². The number of aryl methyl sites for hydroxylation is 1. The molecule has 5 nitrogen and oxygen atoms in total. The maximum atomic E-state index is 6.36. The molecule has 0 radical (unpaired) electrons. The van der Waals surface area contributed by atoms with E-state index in [1.54, 1.807) is 6.07 Å². The predicted molar refractivity (Wildman–Crippen MR) is 147 cm³/mol. The molecular formula is C24H25Cl4N5S. The van der Waals surface area contributed by atoms with Crippen molar-refractivity contribution in [1.82, 2.24) is 19.6 Å². The maximum Gasteiger partial charge on any atom is 0.173 e. The molecular weight excluding hydrogens is 532 g/mol. The number of anilines is 1. The quantitative estimate of drug-likeness (QED) is 0.355. The van der Waals surface area contributed by atoms with Gasteiger partial charge in [0.2, 0.25) is 0 Å². The minimum atomic E-state index is 0.560. The van der Waals surface area contributed by atoms with E-state index in [9.17, 15) is 0 Å². The molecule has 1 fully saturated rings. The molecule has 1 aliphatic heterocycles. The standard InChI is InChI=1S/C24H25Cl4N5S/c1-15-23(16(2)33(30-15)14-18-4-5-19(25)12-21(18)27)29-24(34)32-9-7-31(8-10-32)13-17-3-6-20(26)22(28)11-17/h3-6,11-12H,7-10,13-14H2,1-2H3,(H,29,34). The van der Waals surface area contributed by atoms with Crippen molar-refractivity contribution in [2.24, 2.45) is 0 Å². The van der Waals surface area contributed by atoms with Gasteiger partial charge in [-0.05, 0) is 61.5 Å².